The molecule has 142 valence electrons. The van der Waals surface area contributed by atoms with Gasteiger partial charge < -0.3 is 10.1 Å². The van der Waals surface area contributed by atoms with Gasteiger partial charge in [0.25, 0.3) is 0 Å². The van der Waals surface area contributed by atoms with E-state index in [0.29, 0.717) is 0 Å². The lowest BCUT2D eigenvalue weighted by Crippen LogP contribution is -2.45. The second-order valence-electron chi connectivity index (χ2n) is 5.60. The molecule has 0 bridgehead atoms. The van der Waals surface area contributed by atoms with Crippen LogP contribution in [0, 0.1) is 0 Å². The molecule has 9 heteroatoms. The Bertz CT molecular complexity index is 871. The summed E-state index contributed by atoms with van der Waals surface area (Å²) in [5, 5.41) is 2.68. The predicted octanol–water partition coefficient (Wildman–Crippen LogP) is 5.10. The lowest BCUT2D eigenvalue weighted by atomic mass is 10.1. The summed E-state index contributed by atoms with van der Waals surface area (Å²) in [6.07, 6.45) is -5.09. The molecule has 3 rings (SSSR count). The summed E-state index contributed by atoms with van der Waals surface area (Å²) >= 11 is 0. The van der Waals surface area contributed by atoms with E-state index in [9.17, 15) is 26.3 Å². The highest BCUT2D eigenvalue weighted by atomic mass is 19.4. The quantitative estimate of drug-likeness (QED) is 0.745. The van der Waals surface area contributed by atoms with Gasteiger partial charge in [-0.2, -0.15) is 26.3 Å². The molecular weight excluding hydrogens is 374 g/mol. The Morgan fingerprint density at radius 1 is 0.852 bits per heavy atom. The minimum Gasteiger partial charge on any atom is -0.444 e. The topological polar surface area (TPSA) is 33.6 Å². The number of para-hydroxylation sites is 1. The van der Waals surface area contributed by atoms with Gasteiger partial charge in [0, 0.05) is 18.0 Å². The third kappa shape index (κ3) is 3.91. The minimum atomic E-state index is -4.67. The monoisotopic (exact) mass is 386 g/mol. The van der Waals surface area contributed by atoms with Crippen molar-refractivity contribution in [2.24, 2.45) is 4.99 Å². The fourth-order valence-electron chi connectivity index (χ4n) is 2.50. The average molecular weight is 386 g/mol. The molecule has 1 N–H and O–H groups in total. The molecule has 0 fully saturated rings. The molecule has 0 spiro atoms. The van der Waals surface area contributed by atoms with Crippen molar-refractivity contribution in [3.8, 4) is 5.75 Å². The number of allylic oxidation sites excluding steroid dienone is 1. The van der Waals surface area contributed by atoms with Crippen LogP contribution in [0.2, 0.25) is 0 Å². The Hall–Kier alpha value is -2.97. The van der Waals surface area contributed by atoms with E-state index in [1.807, 2.05) is 0 Å². The number of aliphatic imine (C=N–C) groups is 1. The van der Waals surface area contributed by atoms with Gasteiger partial charge in [-0.05, 0) is 30.3 Å². The van der Waals surface area contributed by atoms with Crippen molar-refractivity contribution >= 4 is 6.21 Å². The van der Waals surface area contributed by atoms with Crippen molar-refractivity contribution in [3.63, 3.8) is 0 Å². The Labute approximate surface area is 150 Å². The first-order valence-corrected chi connectivity index (χ1v) is 7.63. The van der Waals surface area contributed by atoms with E-state index >= 15 is 0 Å². The van der Waals surface area contributed by atoms with Crippen LogP contribution in [0.15, 0.2) is 65.8 Å². The van der Waals surface area contributed by atoms with E-state index in [1.54, 1.807) is 0 Å². The van der Waals surface area contributed by atoms with Crippen LogP contribution in [0.25, 0.3) is 0 Å². The number of hydrogen-bond acceptors (Lipinski definition) is 3. The van der Waals surface area contributed by atoms with Crippen LogP contribution in [0.1, 0.15) is 16.7 Å². The van der Waals surface area contributed by atoms with Gasteiger partial charge in [0.05, 0.1) is 11.1 Å². The van der Waals surface area contributed by atoms with Gasteiger partial charge in [-0.3, -0.25) is 0 Å². The number of benzene rings is 2. The van der Waals surface area contributed by atoms with Crippen molar-refractivity contribution < 1.29 is 31.1 Å². The molecule has 2 aromatic carbocycles. The molecule has 1 aliphatic rings. The maximum Gasteiger partial charge on any atom is 0.419 e. The Balaban J connectivity index is 2.03. The first-order chi connectivity index (χ1) is 12.6. The zero-order valence-electron chi connectivity index (χ0n) is 13.5. The van der Waals surface area contributed by atoms with Crippen LogP contribution in [-0.2, 0) is 18.2 Å². The number of rotatable bonds is 3. The normalized spacial score (nSPS) is 19.6. The molecule has 0 aliphatic carbocycles. The van der Waals surface area contributed by atoms with Crippen LogP contribution < -0.4 is 10.1 Å². The third-order valence-electron chi connectivity index (χ3n) is 3.77. The molecule has 0 saturated carbocycles. The summed E-state index contributed by atoms with van der Waals surface area (Å²) in [6.45, 7) is 0. The Morgan fingerprint density at radius 2 is 1.52 bits per heavy atom. The summed E-state index contributed by atoms with van der Waals surface area (Å²) in [5.41, 5.74) is -1.82. The summed E-state index contributed by atoms with van der Waals surface area (Å²) in [4.78, 5) is 4.05. The van der Waals surface area contributed by atoms with Gasteiger partial charge >= 0.3 is 18.2 Å². The summed E-state index contributed by atoms with van der Waals surface area (Å²) in [5.74, 6) is -2.34. The van der Waals surface area contributed by atoms with Crippen molar-refractivity contribution in [2.45, 2.75) is 18.2 Å². The summed E-state index contributed by atoms with van der Waals surface area (Å²) in [7, 11) is 0. The first-order valence-electron chi connectivity index (χ1n) is 7.63. The molecule has 0 radical (unpaired) electrons. The molecule has 1 aliphatic heterocycles. The van der Waals surface area contributed by atoms with Crippen LogP contribution in [-0.4, -0.2) is 6.21 Å². The summed E-state index contributed by atoms with van der Waals surface area (Å²) < 4.78 is 83.6. The van der Waals surface area contributed by atoms with Gasteiger partial charge in [0.2, 0.25) is 0 Å². The van der Waals surface area contributed by atoms with Crippen molar-refractivity contribution in [1.29, 1.82) is 0 Å². The number of halogens is 6. The second-order valence-corrected chi connectivity index (χ2v) is 5.60. The lowest BCUT2D eigenvalue weighted by molar-refractivity contribution is -0.140. The number of nitrogens with one attached hydrogen (secondary N) is 1. The molecule has 3 nitrogen and oxygen atoms in total. The van der Waals surface area contributed by atoms with E-state index in [1.165, 1.54) is 30.6 Å². The average Bonchev–Trinajstić information content (AvgIpc) is 2.61. The molecule has 27 heavy (non-hydrogen) atoms. The third-order valence-corrected chi connectivity index (χ3v) is 3.77. The zero-order valence-corrected chi connectivity index (χ0v) is 13.5. The van der Waals surface area contributed by atoms with Gasteiger partial charge in [-0.25, -0.2) is 4.99 Å². The highest BCUT2D eigenvalue weighted by Gasteiger charge is 2.40. The van der Waals surface area contributed by atoms with Crippen LogP contribution in [0.3, 0.4) is 0 Å². The maximum atomic E-state index is 13.2. The lowest BCUT2D eigenvalue weighted by Gasteiger charge is -2.33. The zero-order chi connectivity index (χ0) is 19.7. The fraction of sp³-hybridized carbons (Fsp3) is 0.167. The highest BCUT2D eigenvalue weighted by Crippen LogP contribution is 2.39. The van der Waals surface area contributed by atoms with E-state index in [0.717, 1.165) is 36.4 Å². The number of ether oxygens (including phenoxy) is 1. The molecule has 2 aromatic rings. The molecule has 1 unspecified atom stereocenters. The van der Waals surface area contributed by atoms with Gasteiger partial charge in [0.15, 0.2) is 0 Å². The van der Waals surface area contributed by atoms with E-state index in [-0.39, 0.29) is 5.56 Å². The largest absolute Gasteiger partial charge is 0.444 e. The summed E-state index contributed by atoms with van der Waals surface area (Å²) in [6, 6.07) is 8.34. The predicted molar refractivity (Wildman–Crippen MR) is 86.0 cm³/mol. The number of nitrogens with zero attached hydrogens (tertiary/aromatic N) is 1. The van der Waals surface area contributed by atoms with Crippen LogP contribution >= 0.6 is 0 Å². The molecular formula is C18H12F6N2O. The van der Waals surface area contributed by atoms with Crippen LogP contribution in [0.4, 0.5) is 26.3 Å². The molecule has 0 amide bonds. The first kappa shape index (κ1) is 18.8. The van der Waals surface area contributed by atoms with Crippen LogP contribution in [0.5, 0.6) is 5.75 Å². The molecule has 0 saturated heterocycles. The standard InChI is InChI=1S/C18H12F6N2O/c19-16(20,21)12-6-8-13(9-7-12)18(25-10-3-11-26-18)27-15-5-2-1-4-14(15)17(22,23)24/h1-11,25H. The SMILES string of the molecule is FC(F)(F)c1ccc(C2(Oc3ccccc3C(F)(F)F)N=CC=CN2)cc1. The van der Waals surface area contributed by atoms with E-state index < -0.39 is 35.1 Å². The smallest absolute Gasteiger partial charge is 0.419 e. The van der Waals surface area contributed by atoms with Crippen molar-refractivity contribution in [1.82, 2.24) is 5.32 Å². The molecule has 1 atom stereocenters. The van der Waals surface area contributed by atoms with Crippen molar-refractivity contribution in [2.75, 3.05) is 0 Å². The Morgan fingerprint density at radius 3 is 2.07 bits per heavy atom. The van der Waals surface area contributed by atoms with E-state index in [4.69, 9.17) is 4.74 Å². The number of hydrogen-bond donors (Lipinski definition) is 1. The highest BCUT2D eigenvalue weighted by molar-refractivity contribution is 5.72. The fourth-order valence-corrected chi connectivity index (χ4v) is 2.50. The van der Waals surface area contributed by atoms with E-state index in [2.05, 4.69) is 10.3 Å². The van der Waals surface area contributed by atoms with Gasteiger partial charge in [-0.1, -0.05) is 24.3 Å². The molecule has 0 aromatic heterocycles. The second kappa shape index (κ2) is 6.64. The van der Waals surface area contributed by atoms with Gasteiger partial charge in [-0.15, -0.1) is 0 Å². The number of alkyl halides is 6. The minimum absolute atomic E-state index is 0.105. The maximum absolute atomic E-state index is 13.2. The van der Waals surface area contributed by atoms with Gasteiger partial charge in [0.1, 0.15) is 5.75 Å². The van der Waals surface area contributed by atoms with Crippen molar-refractivity contribution in [3.05, 3.63) is 77.5 Å². The molecule has 1 heterocycles. The Kier molecular flexibility index (Phi) is 4.63.